The van der Waals surface area contributed by atoms with Crippen LogP contribution in [0.25, 0.3) is 0 Å². The summed E-state index contributed by atoms with van der Waals surface area (Å²) in [5.41, 5.74) is 0. The van der Waals surface area contributed by atoms with E-state index in [1.165, 1.54) is 161 Å². The van der Waals surface area contributed by atoms with E-state index in [9.17, 15) is 14.4 Å². The summed E-state index contributed by atoms with van der Waals surface area (Å²) in [6.07, 6.45) is 85.3. The Bertz CT molecular complexity index is 1520. The second-order valence-corrected chi connectivity index (χ2v) is 20.6. The second-order valence-electron chi connectivity index (χ2n) is 20.6. The van der Waals surface area contributed by atoms with Gasteiger partial charge in [0.05, 0.1) is 0 Å². The maximum Gasteiger partial charge on any atom is 0.306 e. The average molecular weight is 1040 g/mol. The zero-order chi connectivity index (χ0) is 54.3. The normalized spacial score (nSPS) is 12.8. The van der Waals surface area contributed by atoms with Gasteiger partial charge in [0, 0.05) is 19.3 Å². The van der Waals surface area contributed by atoms with Gasteiger partial charge in [-0.25, -0.2) is 0 Å². The molecule has 0 rings (SSSR count). The van der Waals surface area contributed by atoms with Crippen molar-refractivity contribution >= 4 is 17.9 Å². The van der Waals surface area contributed by atoms with E-state index >= 15 is 0 Å². The van der Waals surface area contributed by atoms with E-state index in [1.807, 2.05) is 6.08 Å². The van der Waals surface area contributed by atoms with Gasteiger partial charge < -0.3 is 14.2 Å². The molecule has 1 unspecified atom stereocenters. The quantitative estimate of drug-likeness (QED) is 0.0261. The van der Waals surface area contributed by atoms with Crippen molar-refractivity contribution in [2.24, 2.45) is 0 Å². The van der Waals surface area contributed by atoms with E-state index in [-0.39, 0.29) is 31.6 Å². The Kier molecular flexibility index (Phi) is 59.3. The fraction of sp³-hybridized carbons (Fsp3) is 0.696. The van der Waals surface area contributed by atoms with Crippen LogP contribution in [-0.4, -0.2) is 37.2 Å². The van der Waals surface area contributed by atoms with Gasteiger partial charge in [0.1, 0.15) is 13.2 Å². The minimum atomic E-state index is -0.825. The number of hydrogen-bond donors (Lipinski definition) is 0. The molecule has 0 bridgehead atoms. The first kappa shape index (κ1) is 71.1. The van der Waals surface area contributed by atoms with Gasteiger partial charge in [0.25, 0.3) is 0 Å². The first-order valence-corrected chi connectivity index (χ1v) is 31.4. The predicted octanol–water partition coefficient (Wildman–Crippen LogP) is 21.4. The molecule has 0 amide bonds. The summed E-state index contributed by atoms with van der Waals surface area (Å²) in [4.78, 5) is 38.3. The first-order chi connectivity index (χ1) is 37.0. The summed E-state index contributed by atoms with van der Waals surface area (Å²) < 4.78 is 16.8. The number of hydrogen-bond acceptors (Lipinski definition) is 6. The highest BCUT2D eigenvalue weighted by molar-refractivity contribution is 5.71. The van der Waals surface area contributed by atoms with Crippen molar-refractivity contribution in [1.82, 2.24) is 0 Å². The Morgan fingerprint density at radius 2 is 0.547 bits per heavy atom. The molecule has 0 saturated carbocycles. The topological polar surface area (TPSA) is 78.9 Å². The van der Waals surface area contributed by atoms with E-state index < -0.39 is 12.1 Å². The van der Waals surface area contributed by atoms with Gasteiger partial charge in [-0.1, -0.05) is 265 Å². The molecular weight excluding hydrogens is 925 g/mol. The lowest BCUT2D eigenvalue weighted by molar-refractivity contribution is -0.166. The third-order valence-corrected chi connectivity index (χ3v) is 13.2. The highest BCUT2D eigenvalue weighted by Crippen LogP contribution is 2.15. The molecule has 0 fully saturated rings. The van der Waals surface area contributed by atoms with E-state index in [2.05, 4.69) is 124 Å². The number of carbonyl (C=O) groups excluding carboxylic acids is 3. The molecule has 0 spiro atoms. The zero-order valence-corrected chi connectivity index (χ0v) is 49.0. The Balaban J connectivity index is 4.50. The Labute approximate surface area is 463 Å². The van der Waals surface area contributed by atoms with Crippen molar-refractivity contribution in [3.8, 4) is 0 Å². The number of esters is 3. The maximum absolute atomic E-state index is 12.9. The predicted molar refractivity (Wildman–Crippen MR) is 325 cm³/mol. The molecule has 6 heteroatoms. The van der Waals surface area contributed by atoms with E-state index in [1.54, 1.807) is 0 Å². The summed E-state index contributed by atoms with van der Waals surface area (Å²) in [5.74, 6) is -0.999. The first-order valence-electron chi connectivity index (χ1n) is 31.4. The third-order valence-electron chi connectivity index (χ3n) is 13.2. The van der Waals surface area contributed by atoms with Crippen LogP contribution in [0.1, 0.15) is 290 Å². The number of carbonyl (C=O) groups is 3. The summed E-state index contributed by atoms with van der Waals surface area (Å²) in [6.45, 7) is 6.46. The highest BCUT2D eigenvalue weighted by Gasteiger charge is 2.19. The molecule has 6 nitrogen and oxygen atoms in total. The smallest absolute Gasteiger partial charge is 0.306 e. The van der Waals surface area contributed by atoms with Crippen molar-refractivity contribution in [2.45, 2.75) is 297 Å². The SMILES string of the molecule is CC/C=C\C/C=C\C/C=C\C/C=C\C/C=C\C/C=C\CCC(=O)OC(COC(=O)CCCCCCCCC/C=C\CCCCCCCC)COC(=O)CCCCCCCCCCC/C=C\C/C=C\CCCCCCC. The molecule has 0 aromatic heterocycles. The molecule has 0 aliphatic rings. The highest BCUT2D eigenvalue weighted by atomic mass is 16.6. The number of allylic oxidation sites excluding steroid dienone is 18. The van der Waals surface area contributed by atoms with Gasteiger partial charge in [0.2, 0.25) is 0 Å². The molecule has 0 radical (unpaired) electrons. The van der Waals surface area contributed by atoms with Gasteiger partial charge >= 0.3 is 17.9 Å². The standard InChI is InChI=1S/C69H116O6/c1-4-7-10-13-16-19-22-25-28-31-33-34-36-38-41-44-47-50-53-56-59-62-68(71)74-65-66(64-73-67(70)61-58-55-52-49-46-43-40-37-30-27-24-21-18-15-12-9-6-3)75-69(72)63-60-57-54-51-48-45-42-39-35-32-29-26-23-20-17-14-11-8-5-2/h8,11,17,20,22,25-27,29-31,33,35,39,45,48,54,57,66H,4-7,9-10,12-16,18-19,21,23-24,28,32,34,36-38,40-44,46-47,49-53,55-56,58-65H2,1-3H3/b11-8-,20-17-,25-22-,29-26-,30-27-,33-31-,39-35-,48-45-,57-54-. The maximum atomic E-state index is 12.9. The van der Waals surface area contributed by atoms with Crippen LogP contribution in [0.2, 0.25) is 0 Å². The van der Waals surface area contributed by atoms with E-state index in [0.29, 0.717) is 19.3 Å². The van der Waals surface area contributed by atoms with Crippen LogP contribution >= 0.6 is 0 Å². The summed E-state index contributed by atoms with van der Waals surface area (Å²) in [5, 5.41) is 0. The molecule has 0 aromatic carbocycles. The summed E-state index contributed by atoms with van der Waals surface area (Å²) in [6, 6.07) is 0. The number of rotatable bonds is 56. The zero-order valence-electron chi connectivity index (χ0n) is 49.0. The van der Waals surface area contributed by atoms with Gasteiger partial charge in [-0.3, -0.25) is 14.4 Å². The minimum absolute atomic E-state index is 0.112. The Morgan fingerprint density at radius 3 is 0.880 bits per heavy atom. The third kappa shape index (κ3) is 60.8. The van der Waals surface area contributed by atoms with Gasteiger partial charge in [-0.05, 0) is 116 Å². The van der Waals surface area contributed by atoms with Gasteiger partial charge in [0.15, 0.2) is 6.10 Å². The lowest BCUT2D eigenvalue weighted by atomic mass is 10.1. The van der Waals surface area contributed by atoms with Crippen molar-refractivity contribution in [3.05, 3.63) is 109 Å². The van der Waals surface area contributed by atoms with Gasteiger partial charge in [-0.2, -0.15) is 0 Å². The Morgan fingerprint density at radius 1 is 0.280 bits per heavy atom. The van der Waals surface area contributed by atoms with E-state index in [4.69, 9.17) is 14.2 Å². The minimum Gasteiger partial charge on any atom is -0.462 e. The van der Waals surface area contributed by atoms with Crippen LogP contribution in [0.5, 0.6) is 0 Å². The molecular formula is C69H116O6. The molecule has 0 aliphatic heterocycles. The van der Waals surface area contributed by atoms with Crippen LogP contribution in [0.15, 0.2) is 109 Å². The van der Waals surface area contributed by atoms with Crippen molar-refractivity contribution in [2.75, 3.05) is 13.2 Å². The summed E-state index contributed by atoms with van der Waals surface area (Å²) in [7, 11) is 0. The molecule has 428 valence electrons. The molecule has 75 heavy (non-hydrogen) atoms. The van der Waals surface area contributed by atoms with Crippen molar-refractivity contribution < 1.29 is 28.6 Å². The van der Waals surface area contributed by atoms with Crippen molar-refractivity contribution in [3.63, 3.8) is 0 Å². The van der Waals surface area contributed by atoms with Crippen LogP contribution < -0.4 is 0 Å². The average Bonchev–Trinajstić information content (AvgIpc) is 3.41. The van der Waals surface area contributed by atoms with Crippen molar-refractivity contribution in [1.29, 1.82) is 0 Å². The number of ether oxygens (including phenoxy) is 3. The van der Waals surface area contributed by atoms with Gasteiger partial charge in [-0.15, -0.1) is 0 Å². The van der Waals surface area contributed by atoms with Crippen LogP contribution in [0, 0.1) is 0 Å². The molecule has 0 aliphatic carbocycles. The largest absolute Gasteiger partial charge is 0.462 e. The lowest BCUT2D eigenvalue weighted by Gasteiger charge is -2.18. The fourth-order valence-electron chi connectivity index (χ4n) is 8.55. The van der Waals surface area contributed by atoms with Crippen LogP contribution in [0.4, 0.5) is 0 Å². The molecule has 0 aromatic rings. The lowest BCUT2D eigenvalue weighted by Crippen LogP contribution is -2.30. The van der Waals surface area contributed by atoms with Crippen LogP contribution in [-0.2, 0) is 28.6 Å². The molecule has 1 atom stereocenters. The van der Waals surface area contributed by atoms with Crippen LogP contribution in [0.3, 0.4) is 0 Å². The fourth-order valence-corrected chi connectivity index (χ4v) is 8.55. The molecule has 0 heterocycles. The van der Waals surface area contributed by atoms with E-state index in [0.717, 1.165) is 83.5 Å². The monoisotopic (exact) mass is 1040 g/mol. The Hall–Kier alpha value is -3.93. The molecule has 0 N–H and O–H groups in total. The second kappa shape index (κ2) is 62.6. The summed E-state index contributed by atoms with van der Waals surface area (Å²) >= 11 is 0. The molecule has 0 saturated heterocycles. The number of unbranched alkanes of at least 4 members (excludes halogenated alkanes) is 27.